The summed E-state index contributed by atoms with van der Waals surface area (Å²) >= 11 is 1.10. The third kappa shape index (κ3) is 4.95. The van der Waals surface area contributed by atoms with Crippen molar-refractivity contribution >= 4 is 48.0 Å². The number of hydrogen-bond acceptors (Lipinski definition) is 4. The summed E-state index contributed by atoms with van der Waals surface area (Å²) in [6.45, 7) is 2.17. The largest absolute Gasteiger partial charge is 0.481 e. The van der Waals surface area contributed by atoms with E-state index in [-0.39, 0.29) is 37.3 Å². The summed E-state index contributed by atoms with van der Waals surface area (Å²) in [5, 5.41) is 9.49. The van der Waals surface area contributed by atoms with Crippen LogP contribution in [-0.4, -0.2) is 40.0 Å². The van der Waals surface area contributed by atoms with Crippen molar-refractivity contribution in [2.45, 2.75) is 19.5 Å². The molecule has 1 atom stereocenters. The number of carbonyl (C=O) groups is 2. The number of amides is 1. The van der Waals surface area contributed by atoms with Crippen LogP contribution in [0.5, 0.6) is 0 Å². The zero-order valence-corrected chi connectivity index (χ0v) is 17.0. The van der Waals surface area contributed by atoms with Gasteiger partial charge in [0.2, 0.25) is 0 Å². The molecule has 2 aromatic rings. The van der Waals surface area contributed by atoms with Gasteiger partial charge < -0.3 is 10.0 Å². The number of carboxylic acids is 1. The molecule has 1 aliphatic rings. The highest BCUT2D eigenvalue weighted by Gasteiger charge is 2.33. The summed E-state index contributed by atoms with van der Waals surface area (Å²) in [6, 6.07) is 4.61. The molecule has 1 aromatic carbocycles. The lowest BCUT2D eigenvalue weighted by molar-refractivity contribution is -0.141. The minimum absolute atomic E-state index is 0. The molecule has 5 nitrogen and oxygen atoms in total. The molecular formula is C17H17Cl2F3N2O3S. The van der Waals surface area contributed by atoms with E-state index in [0.717, 1.165) is 23.5 Å². The summed E-state index contributed by atoms with van der Waals surface area (Å²) in [4.78, 5) is 29.8. The molecule has 2 heterocycles. The topological polar surface area (TPSA) is 70.5 Å². The number of carbonyl (C=O) groups excluding carboxylic acids is 1. The zero-order chi connectivity index (χ0) is 19.1. The first-order valence-electron chi connectivity index (χ1n) is 7.84. The number of aliphatic carboxylic acids is 1. The number of likely N-dealkylation sites (tertiary alicyclic amines) is 1. The number of alkyl halides is 3. The van der Waals surface area contributed by atoms with E-state index >= 15 is 0 Å². The number of thiazole rings is 1. The van der Waals surface area contributed by atoms with Crippen LogP contribution in [0.15, 0.2) is 24.3 Å². The van der Waals surface area contributed by atoms with E-state index in [1.54, 1.807) is 6.92 Å². The van der Waals surface area contributed by atoms with Crippen molar-refractivity contribution in [1.82, 2.24) is 9.88 Å². The van der Waals surface area contributed by atoms with Gasteiger partial charge >= 0.3 is 12.1 Å². The number of rotatable bonds is 3. The molecule has 3 rings (SSSR count). The predicted octanol–water partition coefficient (Wildman–Crippen LogP) is 4.53. The first-order chi connectivity index (χ1) is 12.2. The Labute approximate surface area is 175 Å². The van der Waals surface area contributed by atoms with E-state index in [1.807, 2.05) is 0 Å². The molecule has 1 fully saturated rings. The van der Waals surface area contributed by atoms with Crippen molar-refractivity contribution < 1.29 is 27.9 Å². The maximum atomic E-state index is 12.7. The fraction of sp³-hybridized carbons (Fsp3) is 0.353. The Kier molecular flexibility index (Phi) is 7.87. The van der Waals surface area contributed by atoms with Gasteiger partial charge in [-0.1, -0.05) is 12.1 Å². The molecule has 1 N–H and O–H groups in total. The standard InChI is InChI=1S/C17H15F3N2O3S.2ClH/c1-9-13(15(23)22-7-6-11(8-22)16(24)25)26-14(21-9)10-2-4-12(5-3-10)17(18,19)20;;/h2-5,11H,6-8H2,1H3,(H,24,25);2*1H. The van der Waals surface area contributed by atoms with Gasteiger partial charge in [0.1, 0.15) is 9.88 Å². The third-order valence-corrected chi connectivity index (χ3v) is 5.47. The number of halogens is 5. The van der Waals surface area contributed by atoms with Crippen LogP contribution in [0.25, 0.3) is 10.6 Å². The summed E-state index contributed by atoms with van der Waals surface area (Å²) < 4.78 is 38.0. The highest BCUT2D eigenvalue weighted by molar-refractivity contribution is 7.17. The molecule has 0 radical (unpaired) electrons. The molecule has 0 aliphatic carbocycles. The number of hydrogen-bond donors (Lipinski definition) is 1. The second-order valence-electron chi connectivity index (χ2n) is 6.08. The number of benzene rings is 1. The van der Waals surface area contributed by atoms with E-state index in [9.17, 15) is 22.8 Å². The van der Waals surface area contributed by atoms with Crippen molar-refractivity contribution in [3.8, 4) is 10.6 Å². The Morgan fingerprint density at radius 3 is 2.32 bits per heavy atom. The summed E-state index contributed by atoms with van der Waals surface area (Å²) in [5.74, 6) is -1.78. The minimum atomic E-state index is -4.41. The molecule has 154 valence electrons. The van der Waals surface area contributed by atoms with Crippen LogP contribution < -0.4 is 0 Å². The van der Waals surface area contributed by atoms with Crippen LogP contribution in [0.4, 0.5) is 13.2 Å². The van der Waals surface area contributed by atoms with Crippen LogP contribution >= 0.6 is 36.2 Å². The highest BCUT2D eigenvalue weighted by Crippen LogP contribution is 2.33. The van der Waals surface area contributed by atoms with Crippen LogP contribution in [0.1, 0.15) is 27.3 Å². The third-order valence-electron chi connectivity index (χ3n) is 4.27. The number of aromatic nitrogens is 1. The lowest BCUT2D eigenvalue weighted by Gasteiger charge is -2.14. The number of carboxylic acid groups (broad SMARTS) is 1. The van der Waals surface area contributed by atoms with Gasteiger partial charge in [-0.05, 0) is 25.5 Å². The Bertz CT molecular complexity index is 856. The monoisotopic (exact) mass is 456 g/mol. The van der Waals surface area contributed by atoms with Gasteiger partial charge in [0, 0.05) is 18.7 Å². The molecule has 1 aliphatic heterocycles. The quantitative estimate of drug-likeness (QED) is 0.736. The second-order valence-corrected chi connectivity index (χ2v) is 7.08. The Morgan fingerprint density at radius 1 is 1.21 bits per heavy atom. The van der Waals surface area contributed by atoms with Gasteiger partial charge in [0.15, 0.2) is 0 Å². The normalized spacial score (nSPS) is 16.3. The SMILES string of the molecule is Cc1nc(-c2ccc(C(F)(F)F)cc2)sc1C(=O)N1CCC(C(=O)O)C1.Cl.Cl. The van der Waals surface area contributed by atoms with Crippen molar-refractivity contribution in [3.63, 3.8) is 0 Å². The number of nitrogens with zero attached hydrogens (tertiary/aromatic N) is 2. The van der Waals surface area contributed by atoms with Crippen molar-refractivity contribution in [3.05, 3.63) is 40.4 Å². The molecule has 1 unspecified atom stereocenters. The molecule has 1 saturated heterocycles. The van der Waals surface area contributed by atoms with Gasteiger partial charge in [0.25, 0.3) is 5.91 Å². The Morgan fingerprint density at radius 2 is 1.82 bits per heavy atom. The molecule has 28 heavy (non-hydrogen) atoms. The molecule has 0 saturated carbocycles. The van der Waals surface area contributed by atoms with E-state index in [4.69, 9.17) is 5.11 Å². The van der Waals surface area contributed by atoms with Crippen molar-refractivity contribution in [2.75, 3.05) is 13.1 Å². The second kappa shape index (κ2) is 9.11. The van der Waals surface area contributed by atoms with Crippen molar-refractivity contribution in [1.29, 1.82) is 0 Å². The summed E-state index contributed by atoms with van der Waals surface area (Å²) in [6.07, 6.45) is -4.00. The van der Waals surface area contributed by atoms with Gasteiger partial charge in [-0.3, -0.25) is 9.59 Å². The fourth-order valence-corrected chi connectivity index (χ4v) is 3.85. The smallest absolute Gasteiger partial charge is 0.416 e. The van der Waals surface area contributed by atoms with Crippen LogP contribution in [-0.2, 0) is 11.0 Å². The first kappa shape index (κ1) is 24.2. The predicted molar refractivity (Wildman–Crippen MR) is 103 cm³/mol. The van der Waals surface area contributed by atoms with E-state index in [0.29, 0.717) is 34.1 Å². The Balaban J connectivity index is 0.00000196. The average molecular weight is 457 g/mol. The minimum Gasteiger partial charge on any atom is -0.481 e. The van der Waals surface area contributed by atoms with Crippen LogP contribution in [0, 0.1) is 12.8 Å². The first-order valence-corrected chi connectivity index (χ1v) is 8.65. The van der Waals surface area contributed by atoms with Gasteiger partial charge in [-0.2, -0.15) is 13.2 Å². The lowest BCUT2D eigenvalue weighted by atomic mass is 10.1. The summed E-state index contributed by atoms with van der Waals surface area (Å²) in [5.41, 5.74) is 0.228. The highest BCUT2D eigenvalue weighted by atomic mass is 35.5. The maximum Gasteiger partial charge on any atom is 0.416 e. The molecule has 1 amide bonds. The van der Waals surface area contributed by atoms with Gasteiger partial charge in [-0.15, -0.1) is 36.2 Å². The lowest BCUT2D eigenvalue weighted by Crippen LogP contribution is -2.29. The Hall–Kier alpha value is -1.84. The summed E-state index contributed by atoms with van der Waals surface area (Å²) in [7, 11) is 0. The van der Waals surface area contributed by atoms with Gasteiger partial charge in [0.05, 0.1) is 17.2 Å². The molecule has 0 bridgehead atoms. The van der Waals surface area contributed by atoms with E-state index in [2.05, 4.69) is 4.98 Å². The molecule has 1 aromatic heterocycles. The fourth-order valence-electron chi connectivity index (χ4n) is 2.81. The van der Waals surface area contributed by atoms with E-state index in [1.165, 1.54) is 17.0 Å². The van der Waals surface area contributed by atoms with Crippen LogP contribution in [0.3, 0.4) is 0 Å². The average Bonchev–Trinajstić information content (AvgIpc) is 3.20. The van der Waals surface area contributed by atoms with E-state index < -0.39 is 23.6 Å². The molecular weight excluding hydrogens is 440 g/mol. The number of aryl methyl sites for hydroxylation is 1. The maximum absolute atomic E-state index is 12.7. The van der Waals surface area contributed by atoms with Crippen LogP contribution in [0.2, 0.25) is 0 Å². The molecule has 0 spiro atoms. The molecule has 11 heteroatoms. The van der Waals surface area contributed by atoms with Crippen molar-refractivity contribution in [2.24, 2.45) is 5.92 Å². The van der Waals surface area contributed by atoms with Gasteiger partial charge in [-0.25, -0.2) is 4.98 Å². The zero-order valence-electron chi connectivity index (χ0n) is 14.5.